The first-order valence-corrected chi connectivity index (χ1v) is 11.5. The lowest BCUT2D eigenvalue weighted by molar-refractivity contribution is 0.411. The van der Waals surface area contributed by atoms with Gasteiger partial charge in [0.05, 0.1) is 31.0 Å². The van der Waals surface area contributed by atoms with Gasteiger partial charge in [-0.05, 0) is 60.5 Å². The number of nitrogens with zero attached hydrogens (tertiary/aromatic N) is 4. The van der Waals surface area contributed by atoms with Gasteiger partial charge in [-0.3, -0.25) is 0 Å². The van der Waals surface area contributed by atoms with Crippen LogP contribution in [0.15, 0.2) is 66.7 Å². The van der Waals surface area contributed by atoms with Crippen molar-refractivity contribution in [1.29, 1.82) is 0 Å². The van der Waals surface area contributed by atoms with E-state index in [9.17, 15) is 4.39 Å². The Hall–Kier alpha value is -4.73. The number of methoxy groups -OCH3 is 2. The highest BCUT2D eigenvalue weighted by Gasteiger charge is 2.21. The summed E-state index contributed by atoms with van der Waals surface area (Å²) in [7, 11) is 3.09. The normalized spacial score (nSPS) is 11.0. The zero-order chi connectivity index (χ0) is 25.9. The third-order valence-corrected chi connectivity index (χ3v) is 5.93. The Morgan fingerprint density at radius 1 is 0.892 bits per heavy atom. The summed E-state index contributed by atoms with van der Waals surface area (Å²) >= 11 is 0. The number of benzene rings is 3. The average molecular weight is 503 g/mol. The van der Waals surface area contributed by atoms with Gasteiger partial charge in [0.1, 0.15) is 29.0 Å². The summed E-state index contributed by atoms with van der Waals surface area (Å²) in [5.74, 6) is 0.720. The van der Waals surface area contributed by atoms with Gasteiger partial charge in [0, 0.05) is 18.2 Å². The van der Waals surface area contributed by atoms with Crippen molar-refractivity contribution >= 4 is 22.8 Å². The number of nitrogens with one attached hydrogen (secondary N) is 1. The number of aromatic nitrogens is 4. The lowest BCUT2D eigenvalue weighted by atomic mass is 10.1. The predicted octanol–water partition coefficient (Wildman–Crippen LogP) is 5.01. The van der Waals surface area contributed by atoms with E-state index in [-0.39, 0.29) is 34.5 Å². The van der Waals surface area contributed by atoms with Crippen molar-refractivity contribution in [3.63, 3.8) is 0 Å². The largest absolute Gasteiger partial charge is 0.497 e. The second kappa shape index (κ2) is 10.1. The first kappa shape index (κ1) is 24.0. The van der Waals surface area contributed by atoms with Crippen molar-refractivity contribution in [2.75, 3.05) is 31.8 Å². The number of nitrogen functional groups attached to an aromatic ring is 1. The van der Waals surface area contributed by atoms with Gasteiger partial charge in [-0.25, -0.2) is 18.4 Å². The minimum absolute atomic E-state index is 0.205. The van der Waals surface area contributed by atoms with Gasteiger partial charge < -0.3 is 20.5 Å². The van der Waals surface area contributed by atoms with E-state index in [2.05, 4.69) is 20.4 Å². The Kier molecular flexibility index (Phi) is 6.55. The summed E-state index contributed by atoms with van der Waals surface area (Å²) in [5, 5.41) is 8.11. The van der Waals surface area contributed by atoms with Crippen LogP contribution in [-0.2, 0) is 6.42 Å². The fourth-order valence-corrected chi connectivity index (χ4v) is 3.99. The number of hydrogen-bond acceptors (Lipinski definition) is 7. The van der Waals surface area contributed by atoms with Crippen LogP contribution in [-0.4, -0.2) is 40.5 Å². The molecule has 0 atom stereocenters. The van der Waals surface area contributed by atoms with E-state index >= 15 is 4.39 Å². The van der Waals surface area contributed by atoms with Crippen molar-refractivity contribution in [3.05, 3.63) is 83.9 Å². The molecule has 0 amide bonds. The zero-order valence-corrected chi connectivity index (χ0v) is 20.2. The van der Waals surface area contributed by atoms with Crippen LogP contribution in [0.2, 0.25) is 0 Å². The molecule has 0 aliphatic carbocycles. The number of halogens is 2. The number of hydrogen-bond donors (Lipinski definition) is 2. The highest BCUT2D eigenvalue weighted by atomic mass is 19.1. The van der Waals surface area contributed by atoms with E-state index < -0.39 is 5.82 Å². The number of nitrogens with two attached hydrogens (primary N) is 1. The number of anilines is 2. The summed E-state index contributed by atoms with van der Waals surface area (Å²) in [6.07, 6.45) is 0.698. The zero-order valence-electron chi connectivity index (χ0n) is 20.2. The van der Waals surface area contributed by atoms with E-state index in [0.29, 0.717) is 29.8 Å². The average Bonchev–Trinajstić information content (AvgIpc) is 3.25. The molecule has 5 aromatic rings. The van der Waals surface area contributed by atoms with Crippen molar-refractivity contribution in [2.45, 2.75) is 6.42 Å². The molecule has 0 aliphatic rings. The van der Waals surface area contributed by atoms with E-state index in [0.717, 1.165) is 11.3 Å². The SMILES string of the molecule is COc1ccc(CCNc2nc(-c3ccc(OC)cc3F)c3c(N)n(-c4ccc(F)cc4)nc3n2)cc1. The van der Waals surface area contributed by atoms with E-state index in [1.807, 2.05) is 24.3 Å². The Morgan fingerprint density at radius 2 is 1.59 bits per heavy atom. The van der Waals surface area contributed by atoms with Crippen LogP contribution in [0.25, 0.3) is 28.0 Å². The smallest absolute Gasteiger partial charge is 0.225 e. The van der Waals surface area contributed by atoms with Gasteiger partial charge in [0.15, 0.2) is 5.65 Å². The van der Waals surface area contributed by atoms with Crippen molar-refractivity contribution < 1.29 is 18.3 Å². The molecule has 0 spiro atoms. The predicted molar refractivity (Wildman–Crippen MR) is 138 cm³/mol. The maximum absolute atomic E-state index is 15.1. The summed E-state index contributed by atoms with van der Waals surface area (Å²) in [6, 6.07) is 18.0. The molecule has 3 aromatic carbocycles. The topological polar surface area (TPSA) is 100 Å². The molecule has 2 heterocycles. The molecule has 0 bridgehead atoms. The summed E-state index contributed by atoms with van der Waals surface area (Å²) in [4.78, 5) is 9.14. The molecule has 10 heteroatoms. The Bertz CT molecular complexity index is 1550. The van der Waals surface area contributed by atoms with Gasteiger partial charge in [-0.1, -0.05) is 12.1 Å². The molecule has 5 rings (SSSR count). The van der Waals surface area contributed by atoms with Gasteiger partial charge >= 0.3 is 0 Å². The fraction of sp³-hybridized carbons (Fsp3) is 0.148. The van der Waals surface area contributed by atoms with Crippen LogP contribution in [0, 0.1) is 11.6 Å². The maximum Gasteiger partial charge on any atom is 0.225 e. The van der Waals surface area contributed by atoms with Gasteiger partial charge in [0.2, 0.25) is 5.95 Å². The third-order valence-electron chi connectivity index (χ3n) is 5.93. The van der Waals surface area contributed by atoms with Crippen molar-refractivity contribution in [1.82, 2.24) is 19.7 Å². The van der Waals surface area contributed by atoms with Crippen molar-refractivity contribution in [3.8, 4) is 28.4 Å². The fourth-order valence-electron chi connectivity index (χ4n) is 3.99. The maximum atomic E-state index is 15.1. The van der Waals surface area contributed by atoms with E-state index in [4.69, 9.17) is 15.2 Å². The molecule has 2 aromatic heterocycles. The summed E-state index contributed by atoms with van der Waals surface area (Å²) in [5.41, 5.74) is 8.86. The second-order valence-electron chi connectivity index (χ2n) is 8.24. The second-order valence-corrected chi connectivity index (χ2v) is 8.24. The molecular formula is C27H24F2N6O2. The Labute approximate surface area is 211 Å². The molecule has 3 N–H and O–H groups in total. The summed E-state index contributed by atoms with van der Waals surface area (Å²) < 4.78 is 40.4. The van der Waals surface area contributed by atoms with Crippen LogP contribution in [0.3, 0.4) is 0 Å². The van der Waals surface area contributed by atoms with Crippen LogP contribution in [0.4, 0.5) is 20.5 Å². The standard InChI is InChI=1S/C27H24F2N6O2/c1-36-19-9-3-16(4-10-19)13-14-31-27-32-24(21-12-11-20(37-2)15-22(21)29)23-25(30)35(34-26(23)33-27)18-7-5-17(28)6-8-18/h3-12,15H,13-14,30H2,1-2H3,(H,31,33,34). The highest BCUT2D eigenvalue weighted by molar-refractivity contribution is 5.99. The molecule has 0 saturated carbocycles. The summed E-state index contributed by atoms with van der Waals surface area (Å²) in [6.45, 7) is 0.524. The Balaban J connectivity index is 1.55. The number of ether oxygens (including phenoxy) is 2. The van der Waals surface area contributed by atoms with Gasteiger partial charge in [-0.2, -0.15) is 4.98 Å². The molecule has 0 unspecified atom stereocenters. The van der Waals surface area contributed by atoms with E-state index in [1.54, 1.807) is 31.4 Å². The lowest BCUT2D eigenvalue weighted by Crippen LogP contribution is -2.09. The molecule has 8 nitrogen and oxygen atoms in total. The minimum Gasteiger partial charge on any atom is -0.497 e. The molecule has 0 saturated heterocycles. The molecule has 0 aliphatic heterocycles. The number of fused-ring (bicyclic) bond motifs is 1. The molecule has 37 heavy (non-hydrogen) atoms. The first-order chi connectivity index (χ1) is 18.0. The monoisotopic (exact) mass is 502 g/mol. The van der Waals surface area contributed by atoms with Crippen LogP contribution in [0.1, 0.15) is 5.56 Å². The van der Waals surface area contributed by atoms with E-state index in [1.165, 1.54) is 30.0 Å². The highest BCUT2D eigenvalue weighted by Crippen LogP contribution is 2.35. The van der Waals surface area contributed by atoms with Crippen molar-refractivity contribution in [2.24, 2.45) is 0 Å². The van der Waals surface area contributed by atoms with Crippen LogP contribution >= 0.6 is 0 Å². The quantitative estimate of drug-likeness (QED) is 0.308. The van der Waals surface area contributed by atoms with Gasteiger partial charge in [0.25, 0.3) is 0 Å². The molecule has 0 fully saturated rings. The van der Waals surface area contributed by atoms with Crippen LogP contribution < -0.4 is 20.5 Å². The number of rotatable bonds is 8. The third kappa shape index (κ3) is 4.86. The van der Waals surface area contributed by atoms with Gasteiger partial charge in [-0.15, -0.1) is 5.10 Å². The Morgan fingerprint density at radius 3 is 2.27 bits per heavy atom. The van der Waals surface area contributed by atoms with Crippen LogP contribution in [0.5, 0.6) is 11.5 Å². The molecule has 188 valence electrons. The first-order valence-electron chi connectivity index (χ1n) is 11.5. The molecular weight excluding hydrogens is 478 g/mol. The lowest BCUT2D eigenvalue weighted by Gasteiger charge is -2.10. The minimum atomic E-state index is -0.530. The molecule has 0 radical (unpaired) electrons.